The third kappa shape index (κ3) is 2.44. The van der Waals surface area contributed by atoms with Gasteiger partial charge in [-0.15, -0.1) is 0 Å². The summed E-state index contributed by atoms with van der Waals surface area (Å²) in [7, 11) is 0. The Kier molecular flexibility index (Phi) is 4.43. The Hall–Kier alpha value is -0.910. The number of aryl methyl sites for hydroxylation is 1. The van der Waals surface area contributed by atoms with Crippen molar-refractivity contribution >= 4 is 27.5 Å². The third-order valence-corrected chi connectivity index (χ3v) is 6.42. The Bertz CT molecular complexity index is 630. The second kappa shape index (κ2) is 6.43. The SMILES string of the molecule is Cc1cc(Br)c2c(c1)C(N1CCCCC1)(N1CCCCC1)C(=O)N2. The standard InChI is InChI=1S/C19H26BrN3O/c1-14-12-15-17(16(20)13-14)21-18(24)19(15,22-8-4-2-5-9-22)23-10-6-3-7-11-23/h12-13H,2-11H2,1H3,(H,21,24). The number of carbonyl (C=O) groups excluding carboxylic acids is 1. The smallest absolute Gasteiger partial charge is 0.264 e. The van der Waals surface area contributed by atoms with Crippen LogP contribution in [0, 0.1) is 6.92 Å². The summed E-state index contributed by atoms with van der Waals surface area (Å²) in [6.45, 7) is 6.15. The lowest BCUT2D eigenvalue weighted by Crippen LogP contribution is -2.64. The minimum atomic E-state index is -0.606. The van der Waals surface area contributed by atoms with Gasteiger partial charge in [-0.1, -0.05) is 18.9 Å². The number of hydrogen-bond acceptors (Lipinski definition) is 3. The summed E-state index contributed by atoms with van der Waals surface area (Å²) in [5.74, 6) is 0.146. The van der Waals surface area contributed by atoms with Gasteiger partial charge in [0.05, 0.1) is 5.69 Å². The van der Waals surface area contributed by atoms with Crippen LogP contribution in [-0.4, -0.2) is 41.9 Å². The molecule has 5 heteroatoms. The summed E-state index contributed by atoms with van der Waals surface area (Å²) in [4.78, 5) is 18.3. The molecule has 0 aliphatic carbocycles. The van der Waals surface area contributed by atoms with E-state index in [0.717, 1.165) is 41.9 Å². The van der Waals surface area contributed by atoms with E-state index < -0.39 is 5.66 Å². The summed E-state index contributed by atoms with van der Waals surface area (Å²) >= 11 is 3.67. The average Bonchev–Trinajstić information content (AvgIpc) is 2.90. The van der Waals surface area contributed by atoms with Crippen LogP contribution in [0.15, 0.2) is 16.6 Å². The fourth-order valence-electron chi connectivity index (χ4n) is 4.73. The third-order valence-electron chi connectivity index (χ3n) is 5.79. The number of amides is 1. The van der Waals surface area contributed by atoms with Crippen molar-refractivity contribution in [2.24, 2.45) is 0 Å². The number of carbonyl (C=O) groups is 1. The maximum absolute atomic E-state index is 13.4. The quantitative estimate of drug-likeness (QED) is 0.831. The van der Waals surface area contributed by atoms with Gasteiger partial charge in [-0.2, -0.15) is 0 Å². The van der Waals surface area contributed by atoms with Crippen LogP contribution < -0.4 is 5.32 Å². The molecule has 2 fully saturated rings. The molecule has 1 N–H and O–H groups in total. The van der Waals surface area contributed by atoms with Crippen LogP contribution in [0.5, 0.6) is 0 Å². The van der Waals surface area contributed by atoms with E-state index >= 15 is 0 Å². The van der Waals surface area contributed by atoms with Crippen molar-refractivity contribution in [3.8, 4) is 0 Å². The Balaban J connectivity index is 1.88. The molecule has 24 heavy (non-hydrogen) atoms. The first-order chi connectivity index (χ1) is 11.6. The van der Waals surface area contributed by atoms with Gasteiger partial charge < -0.3 is 5.32 Å². The molecule has 3 aliphatic rings. The molecular weight excluding hydrogens is 366 g/mol. The molecular formula is C19H26BrN3O. The van der Waals surface area contributed by atoms with Gasteiger partial charge in [-0.25, -0.2) is 0 Å². The number of nitrogens with one attached hydrogen (secondary N) is 1. The highest BCUT2D eigenvalue weighted by atomic mass is 79.9. The molecule has 130 valence electrons. The van der Waals surface area contributed by atoms with Crippen LogP contribution in [-0.2, 0) is 10.5 Å². The van der Waals surface area contributed by atoms with E-state index in [1.807, 2.05) is 0 Å². The fourth-order valence-corrected chi connectivity index (χ4v) is 5.40. The van der Waals surface area contributed by atoms with E-state index in [4.69, 9.17) is 0 Å². The zero-order valence-corrected chi connectivity index (χ0v) is 16.0. The summed E-state index contributed by atoms with van der Waals surface area (Å²) in [6, 6.07) is 4.32. The molecule has 2 saturated heterocycles. The molecule has 0 spiro atoms. The summed E-state index contributed by atoms with van der Waals surface area (Å²) < 4.78 is 1.00. The second-order valence-corrected chi connectivity index (χ2v) is 8.25. The Labute approximate surface area is 152 Å². The van der Waals surface area contributed by atoms with E-state index in [1.54, 1.807) is 0 Å². The molecule has 1 aromatic rings. The Morgan fingerprint density at radius 2 is 1.50 bits per heavy atom. The van der Waals surface area contributed by atoms with Crippen LogP contribution in [0.2, 0.25) is 0 Å². The first-order valence-corrected chi connectivity index (χ1v) is 10.1. The van der Waals surface area contributed by atoms with Crippen molar-refractivity contribution in [1.29, 1.82) is 0 Å². The number of piperidine rings is 2. The molecule has 0 atom stereocenters. The molecule has 1 aromatic carbocycles. The number of nitrogens with zero attached hydrogens (tertiary/aromatic N) is 2. The molecule has 4 nitrogen and oxygen atoms in total. The fraction of sp³-hybridized carbons (Fsp3) is 0.632. The number of halogens is 1. The summed E-state index contributed by atoms with van der Waals surface area (Å²) in [5, 5.41) is 3.21. The van der Waals surface area contributed by atoms with E-state index in [0.29, 0.717) is 0 Å². The number of benzene rings is 1. The molecule has 3 heterocycles. The highest BCUT2D eigenvalue weighted by Crippen LogP contribution is 2.48. The van der Waals surface area contributed by atoms with Gasteiger partial charge in [0.2, 0.25) is 0 Å². The van der Waals surface area contributed by atoms with Crippen LogP contribution in [0.25, 0.3) is 0 Å². The highest BCUT2D eigenvalue weighted by Gasteiger charge is 2.56. The first-order valence-electron chi connectivity index (χ1n) is 9.26. The zero-order valence-electron chi connectivity index (χ0n) is 14.4. The molecule has 0 aromatic heterocycles. The molecule has 1 amide bonds. The van der Waals surface area contributed by atoms with Gasteiger partial charge in [-0.3, -0.25) is 14.6 Å². The van der Waals surface area contributed by atoms with Gasteiger partial charge in [0.25, 0.3) is 5.91 Å². The highest BCUT2D eigenvalue weighted by molar-refractivity contribution is 9.10. The Morgan fingerprint density at radius 1 is 0.958 bits per heavy atom. The Morgan fingerprint density at radius 3 is 2.04 bits per heavy atom. The van der Waals surface area contributed by atoms with E-state index in [-0.39, 0.29) is 5.91 Å². The van der Waals surface area contributed by atoms with E-state index in [2.05, 4.69) is 50.1 Å². The maximum atomic E-state index is 13.4. The molecule has 0 unspecified atom stereocenters. The predicted molar refractivity (Wildman–Crippen MR) is 100 cm³/mol. The number of likely N-dealkylation sites (tertiary alicyclic amines) is 2. The molecule has 0 saturated carbocycles. The molecule has 3 aliphatic heterocycles. The van der Waals surface area contributed by atoms with Crippen LogP contribution in [0.1, 0.15) is 49.7 Å². The minimum Gasteiger partial charge on any atom is -0.322 e. The largest absolute Gasteiger partial charge is 0.322 e. The average molecular weight is 392 g/mol. The van der Waals surface area contributed by atoms with Crippen LogP contribution >= 0.6 is 15.9 Å². The van der Waals surface area contributed by atoms with Crippen molar-refractivity contribution in [1.82, 2.24) is 9.80 Å². The van der Waals surface area contributed by atoms with Crippen molar-refractivity contribution in [3.63, 3.8) is 0 Å². The van der Waals surface area contributed by atoms with Gasteiger partial charge in [-0.05, 0) is 60.2 Å². The summed E-state index contributed by atoms with van der Waals surface area (Å²) in [5.41, 5.74) is 2.73. The second-order valence-electron chi connectivity index (χ2n) is 7.39. The van der Waals surface area contributed by atoms with Gasteiger partial charge in [0.15, 0.2) is 5.66 Å². The van der Waals surface area contributed by atoms with Gasteiger partial charge in [0, 0.05) is 36.2 Å². The number of hydrogen-bond donors (Lipinski definition) is 1. The topological polar surface area (TPSA) is 35.6 Å². The predicted octanol–water partition coefficient (Wildman–Crippen LogP) is 3.83. The molecule has 4 rings (SSSR count). The number of rotatable bonds is 2. The summed E-state index contributed by atoms with van der Waals surface area (Å²) in [6.07, 6.45) is 7.30. The molecule has 0 bridgehead atoms. The van der Waals surface area contributed by atoms with Crippen LogP contribution in [0.4, 0.5) is 5.69 Å². The number of anilines is 1. The van der Waals surface area contributed by atoms with E-state index in [9.17, 15) is 4.79 Å². The van der Waals surface area contributed by atoms with E-state index in [1.165, 1.54) is 44.1 Å². The van der Waals surface area contributed by atoms with Crippen molar-refractivity contribution in [2.75, 3.05) is 31.5 Å². The number of fused-ring (bicyclic) bond motifs is 1. The van der Waals surface area contributed by atoms with Crippen LogP contribution in [0.3, 0.4) is 0 Å². The van der Waals surface area contributed by atoms with Crippen molar-refractivity contribution in [3.05, 3.63) is 27.7 Å². The van der Waals surface area contributed by atoms with Crippen molar-refractivity contribution in [2.45, 2.75) is 51.1 Å². The monoisotopic (exact) mass is 391 g/mol. The molecule has 0 radical (unpaired) electrons. The lowest BCUT2D eigenvalue weighted by molar-refractivity contribution is -0.147. The van der Waals surface area contributed by atoms with Gasteiger partial charge in [0.1, 0.15) is 0 Å². The normalized spacial score (nSPS) is 24.7. The maximum Gasteiger partial charge on any atom is 0.264 e. The minimum absolute atomic E-state index is 0.146. The van der Waals surface area contributed by atoms with Crippen molar-refractivity contribution < 1.29 is 4.79 Å². The lowest BCUT2D eigenvalue weighted by Gasteiger charge is -2.49. The van der Waals surface area contributed by atoms with Gasteiger partial charge >= 0.3 is 0 Å². The first kappa shape index (κ1) is 16.6. The zero-order chi connectivity index (χ0) is 16.7. The lowest BCUT2D eigenvalue weighted by atomic mass is 9.91.